The number of carbonyl (C=O) groups excluding carboxylic acids is 1. The van der Waals surface area contributed by atoms with Crippen LogP contribution in [0.2, 0.25) is 0 Å². The number of sulfonamides is 1. The van der Waals surface area contributed by atoms with Crippen LogP contribution in [0.1, 0.15) is 26.3 Å². The van der Waals surface area contributed by atoms with E-state index in [0.717, 1.165) is 0 Å². The van der Waals surface area contributed by atoms with E-state index >= 15 is 4.39 Å². The Labute approximate surface area is 183 Å². The molecule has 31 heavy (non-hydrogen) atoms. The molecule has 2 aliphatic heterocycles. The molecule has 0 radical (unpaired) electrons. The van der Waals surface area contributed by atoms with E-state index < -0.39 is 21.9 Å². The molecule has 10 heteroatoms. The summed E-state index contributed by atoms with van der Waals surface area (Å²) in [6.07, 6.45) is 5.29. The second-order valence-electron chi connectivity index (χ2n) is 7.87. The van der Waals surface area contributed by atoms with Crippen LogP contribution in [0.5, 0.6) is 0 Å². The Morgan fingerprint density at radius 3 is 2.68 bits per heavy atom. The third-order valence-electron chi connectivity index (χ3n) is 5.75. The number of allylic oxidation sites excluding steroid dienone is 2. The van der Waals surface area contributed by atoms with E-state index in [4.69, 9.17) is 5.73 Å². The number of benzene rings is 1. The molecule has 2 atom stereocenters. The standard InChI is InChI=1S/C21H30FN5O3S/c1-4-31(29,30)26-12-11-25(16(3)13-26)14-17-8-6-9-18(20(17)22)24-19-10-5-7-15(2)27(19)21(23)28/h5-10,15-16,24H,4,11-14H2,1-3H3,(H2,23,28)/t15?,16-/m1/s1. The Bertz CT molecular complexity index is 995. The van der Waals surface area contributed by atoms with Crippen LogP contribution in [0.3, 0.4) is 0 Å². The topological polar surface area (TPSA) is 99.0 Å². The van der Waals surface area contributed by atoms with Crippen molar-refractivity contribution in [3.63, 3.8) is 0 Å². The van der Waals surface area contributed by atoms with Crippen molar-refractivity contribution in [2.45, 2.75) is 39.4 Å². The van der Waals surface area contributed by atoms with Crippen molar-refractivity contribution in [3.05, 3.63) is 53.6 Å². The van der Waals surface area contributed by atoms with Gasteiger partial charge in [-0.3, -0.25) is 9.80 Å². The van der Waals surface area contributed by atoms with Gasteiger partial charge in [0.05, 0.1) is 17.5 Å². The maximum atomic E-state index is 15.3. The van der Waals surface area contributed by atoms with Gasteiger partial charge in [0.1, 0.15) is 5.82 Å². The average Bonchev–Trinajstić information content (AvgIpc) is 2.72. The van der Waals surface area contributed by atoms with E-state index in [9.17, 15) is 13.2 Å². The number of anilines is 1. The number of piperazine rings is 1. The van der Waals surface area contributed by atoms with Crippen LogP contribution < -0.4 is 11.1 Å². The number of primary amides is 1. The molecule has 3 rings (SSSR count). The van der Waals surface area contributed by atoms with Crippen molar-refractivity contribution >= 4 is 21.7 Å². The van der Waals surface area contributed by atoms with Crippen molar-refractivity contribution < 1.29 is 17.6 Å². The van der Waals surface area contributed by atoms with Gasteiger partial charge >= 0.3 is 6.03 Å². The van der Waals surface area contributed by atoms with E-state index in [1.54, 1.807) is 37.3 Å². The minimum absolute atomic E-state index is 0.0384. The first-order chi connectivity index (χ1) is 14.6. The first-order valence-electron chi connectivity index (χ1n) is 10.4. The second kappa shape index (κ2) is 9.37. The van der Waals surface area contributed by atoms with Crippen LogP contribution in [0, 0.1) is 5.82 Å². The zero-order valence-corrected chi connectivity index (χ0v) is 18.9. The summed E-state index contributed by atoms with van der Waals surface area (Å²) in [5.41, 5.74) is 6.23. The predicted octanol–water partition coefficient (Wildman–Crippen LogP) is 2.27. The van der Waals surface area contributed by atoms with Crippen molar-refractivity contribution in [3.8, 4) is 0 Å². The first kappa shape index (κ1) is 23.2. The van der Waals surface area contributed by atoms with Crippen molar-refractivity contribution in [2.24, 2.45) is 5.73 Å². The fraction of sp³-hybridized carbons (Fsp3) is 0.476. The highest BCUT2D eigenvalue weighted by Gasteiger charge is 2.30. The molecule has 0 aliphatic carbocycles. The third-order valence-corrected chi connectivity index (χ3v) is 7.60. The molecule has 2 heterocycles. The summed E-state index contributed by atoms with van der Waals surface area (Å²) in [4.78, 5) is 15.3. The fourth-order valence-corrected chi connectivity index (χ4v) is 5.07. The summed E-state index contributed by atoms with van der Waals surface area (Å²) in [6, 6.07) is 4.17. The van der Waals surface area contributed by atoms with E-state index in [1.807, 2.05) is 19.9 Å². The number of nitrogens with zero attached hydrogens (tertiary/aromatic N) is 3. The summed E-state index contributed by atoms with van der Waals surface area (Å²) >= 11 is 0. The highest BCUT2D eigenvalue weighted by atomic mass is 32.2. The summed E-state index contributed by atoms with van der Waals surface area (Å²) in [7, 11) is -3.23. The second-order valence-corrected chi connectivity index (χ2v) is 10.1. The van der Waals surface area contributed by atoms with Gasteiger partial charge < -0.3 is 11.1 Å². The summed E-state index contributed by atoms with van der Waals surface area (Å²) in [5, 5.41) is 2.99. The minimum Gasteiger partial charge on any atom is -0.351 e. The summed E-state index contributed by atoms with van der Waals surface area (Å²) < 4.78 is 41.1. The molecule has 1 fully saturated rings. The highest BCUT2D eigenvalue weighted by Crippen LogP contribution is 2.25. The van der Waals surface area contributed by atoms with Gasteiger partial charge in [-0.15, -0.1) is 0 Å². The number of halogens is 1. The van der Waals surface area contributed by atoms with Crippen LogP contribution in [-0.2, 0) is 16.6 Å². The normalized spacial score (nSPS) is 23.0. The summed E-state index contributed by atoms with van der Waals surface area (Å²) in [6.45, 7) is 7.08. The Morgan fingerprint density at radius 1 is 1.29 bits per heavy atom. The lowest BCUT2D eigenvalue weighted by Crippen LogP contribution is -2.53. The molecule has 8 nitrogen and oxygen atoms in total. The van der Waals surface area contributed by atoms with Crippen LogP contribution in [-0.4, -0.2) is 66.0 Å². The molecular weight excluding hydrogens is 421 g/mol. The molecule has 3 N–H and O–H groups in total. The van der Waals surface area contributed by atoms with Gasteiger partial charge in [-0.1, -0.05) is 24.3 Å². The fourth-order valence-electron chi connectivity index (χ4n) is 3.90. The molecule has 170 valence electrons. The first-order valence-corrected chi connectivity index (χ1v) is 12.0. The molecule has 0 saturated carbocycles. The summed E-state index contributed by atoms with van der Waals surface area (Å²) in [5.74, 6) is 0.0738. The van der Waals surface area contributed by atoms with E-state index in [-0.39, 0.29) is 23.5 Å². The molecule has 1 saturated heterocycles. The predicted molar refractivity (Wildman–Crippen MR) is 119 cm³/mol. The molecule has 0 spiro atoms. The molecule has 2 amide bonds. The zero-order chi connectivity index (χ0) is 22.8. The maximum absolute atomic E-state index is 15.3. The van der Waals surface area contributed by atoms with Crippen molar-refractivity contribution in [1.82, 2.24) is 14.1 Å². The Balaban J connectivity index is 1.74. The van der Waals surface area contributed by atoms with Crippen molar-refractivity contribution in [2.75, 3.05) is 30.7 Å². The maximum Gasteiger partial charge on any atom is 0.320 e. The van der Waals surface area contributed by atoms with Gasteiger partial charge in [0.15, 0.2) is 5.82 Å². The monoisotopic (exact) mass is 451 g/mol. The van der Waals surface area contributed by atoms with Crippen LogP contribution in [0.15, 0.2) is 42.2 Å². The Hall–Kier alpha value is -2.43. The zero-order valence-electron chi connectivity index (χ0n) is 18.1. The number of rotatable bonds is 6. The molecule has 2 aliphatic rings. The number of urea groups is 1. The molecule has 1 aromatic rings. The van der Waals surface area contributed by atoms with Crippen LogP contribution in [0.4, 0.5) is 14.9 Å². The number of amides is 2. The largest absolute Gasteiger partial charge is 0.351 e. The molecular formula is C21H30FN5O3S. The Morgan fingerprint density at radius 2 is 2.03 bits per heavy atom. The van der Waals surface area contributed by atoms with Crippen LogP contribution in [0.25, 0.3) is 0 Å². The SMILES string of the molecule is CCS(=O)(=O)N1CCN(Cc2cccc(NC3=CC=CC(C)N3C(N)=O)c2F)[C@H](C)C1. The van der Waals surface area contributed by atoms with Gasteiger partial charge in [0.25, 0.3) is 0 Å². The van der Waals surface area contributed by atoms with Gasteiger partial charge in [0, 0.05) is 37.8 Å². The number of nitrogens with one attached hydrogen (secondary N) is 1. The minimum atomic E-state index is -3.23. The van der Waals surface area contributed by atoms with Gasteiger partial charge in [-0.05, 0) is 32.9 Å². The van der Waals surface area contributed by atoms with Crippen molar-refractivity contribution in [1.29, 1.82) is 0 Å². The van der Waals surface area contributed by atoms with E-state index in [1.165, 1.54) is 9.21 Å². The number of carbonyl (C=O) groups is 1. The number of nitrogens with two attached hydrogens (primary N) is 1. The Kier molecular flexibility index (Phi) is 7.03. The van der Waals surface area contributed by atoms with E-state index in [2.05, 4.69) is 10.2 Å². The lowest BCUT2D eigenvalue weighted by Gasteiger charge is -2.39. The quantitative estimate of drug-likeness (QED) is 0.691. The van der Waals surface area contributed by atoms with Gasteiger partial charge in [-0.25, -0.2) is 17.6 Å². The van der Waals surface area contributed by atoms with Crippen LogP contribution >= 0.6 is 0 Å². The number of hydrogen-bond donors (Lipinski definition) is 2. The lowest BCUT2D eigenvalue weighted by atomic mass is 10.1. The highest BCUT2D eigenvalue weighted by molar-refractivity contribution is 7.89. The third kappa shape index (κ3) is 5.08. The van der Waals surface area contributed by atoms with Gasteiger partial charge in [-0.2, -0.15) is 4.31 Å². The lowest BCUT2D eigenvalue weighted by molar-refractivity contribution is 0.121. The van der Waals surface area contributed by atoms with E-state index in [0.29, 0.717) is 37.6 Å². The molecule has 0 aromatic heterocycles. The smallest absolute Gasteiger partial charge is 0.320 e. The molecule has 0 bridgehead atoms. The number of hydrogen-bond acceptors (Lipinski definition) is 5. The van der Waals surface area contributed by atoms with Gasteiger partial charge in [0.2, 0.25) is 10.0 Å². The molecule has 1 aromatic carbocycles. The average molecular weight is 452 g/mol. The molecule has 1 unspecified atom stereocenters.